The third kappa shape index (κ3) is 3.89. The highest BCUT2D eigenvalue weighted by Crippen LogP contribution is 2.29. The second-order valence-electron chi connectivity index (χ2n) is 7.73. The smallest absolute Gasteiger partial charge is 0.270 e. The van der Waals surface area contributed by atoms with Crippen molar-refractivity contribution in [3.8, 4) is 0 Å². The Morgan fingerprint density at radius 3 is 2.47 bits per heavy atom. The first-order chi connectivity index (χ1) is 16.4. The number of fused-ring (bicyclic) bond motifs is 1. The molecule has 3 aromatic carbocycles. The molecule has 1 fully saturated rings. The fourth-order valence-electron chi connectivity index (χ4n) is 4.00. The predicted octanol–water partition coefficient (Wildman–Crippen LogP) is 5.31. The Morgan fingerprint density at radius 1 is 0.971 bits per heavy atom. The van der Waals surface area contributed by atoms with Crippen LogP contribution in [0.15, 0.2) is 84.6 Å². The first kappa shape index (κ1) is 22.0. The van der Waals surface area contributed by atoms with Crippen LogP contribution in [0.5, 0.6) is 0 Å². The van der Waals surface area contributed by atoms with Crippen LogP contribution in [-0.4, -0.2) is 21.5 Å². The second kappa shape index (κ2) is 8.85. The van der Waals surface area contributed by atoms with Gasteiger partial charge in [0.25, 0.3) is 11.8 Å². The Kier molecular flexibility index (Phi) is 5.73. The van der Waals surface area contributed by atoms with E-state index < -0.39 is 17.6 Å². The number of rotatable bonds is 4. The average Bonchev–Trinajstić information content (AvgIpc) is 3.16. The molecule has 5 rings (SSSR count). The zero-order chi connectivity index (χ0) is 23.8. The monoisotopic (exact) mass is 489 g/mol. The van der Waals surface area contributed by atoms with Crippen LogP contribution in [-0.2, 0) is 16.1 Å². The molecule has 1 saturated heterocycles. The van der Waals surface area contributed by atoms with Crippen molar-refractivity contribution in [2.24, 2.45) is 0 Å². The minimum atomic E-state index is -0.693. The van der Waals surface area contributed by atoms with Crippen LogP contribution in [0.4, 0.5) is 10.1 Å². The summed E-state index contributed by atoms with van der Waals surface area (Å²) in [5, 5.41) is 3.83. The van der Waals surface area contributed by atoms with Gasteiger partial charge in [0, 0.05) is 34.2 Å². The van der Waals surface area contributed by atoms with Gasteiger partial charge in [0.05, 0.1) is 5.69 Å². The minimum Gasteiger partial charge on any atom is -0.342 e. The molecule has 5 nitrogen and oxygen atoms in total. The van der Waals surface area contributed by atoms with Crippen LogP contribution in [0.2, 0.25) is 5.02 Å². The molecule has 0 atom stereocenters. The van der Waals surface area contributed by atoms with Crippen molar-refractivity contribution < 1.29 is 14.0 Å². The molecule has 8 heteroatoms. The van der Waals surface area contributed by atoms with Crippen LogP contribution in [0.1, 0.15) is 11.1 Å². The zero-order valence-electron chi connectivity index (χ0n) is 17.7. The third-order valence-corrected chi connectivity index (χ3v) is 6.27. The van der Waals surface area contributed by atoms with E-state index >= 15 is 0 Å². The van der Waals surface area contributed by atoms with Gasteiger partial charge in [-0.25, -0.2) is 9.29 Å². The van der Waals surface area contributed by atoms with Gasteiger partial charge in [-0.1, -0.05) is 60.1 Å². The van der Waals surface area contributed by atoms with Gasteiger partial charge in [0.1, 0.15) is 11.4 Å². The lowest BCUT2D eigenvalue weighted by Gasteiger charge is -2.29. The molecule has 0 radical (unpaired) electrons. The largest absolute Gasteiger partial charge is 0.342 e. The number of halogens is 2. The molecule has 0 unspecified atom stereocenters. The van der Waals surface area contributed by atoms with Gasteiger partial charge in [0.2, 0.25) is 0 Å². The average molecular weight is 490 g/mol. The normalized spacial score (nSPS) is 15.3. The number of benzene rings is 3. The fourth-order valence-corrected chi connectivity index (χ4v) is 4.47. The van der Waals surface area contributed by atoms with E-state index in [1.807, 2.05) is 59.3 Å². The maximum absolute atomic E-state index is 14.4. The number of hydrogen-bond donors (Lipinski definition) is 1. The van der Waals surface area contributed by atoms with E-state index in [1.54, 1.807) is 6.07 Å². The standard InChI is InChI=1S/C26H17ClFN3O2S/c27-20-9-3-1-7-16(20)14-30-15-17(18-8-2-5-11-22(18)30)13-19-24(32)29-26(34)31(25(19)33)23-12-6-4-10-21(23)28/h1-13,15H,14H2,(H,29,32,34)/b19-13+. The van der Waals surface area contributed by atoms with Crippen LogP contribution < -0.4 is 10.2 Å². The Bertz CT molecular complexity index is 1510. The van der Waals surface area contributed by atoms with Crippen molar-refractivity contribution in [3.63, 3.8) is 0 Å². The maximum Gasteiger partial charge on any atom is 0.270 e. The van der Waals surface area contributed by atoms with Gasteiger partial charge in [-0.15, -0.1) is 0 Å². The number of nitrogens with zero attached hydrogens (tertiary/aromatic N) is 2. The van der Waals surface area contributed by atoms with Crippen molar-refractivity contribution in [2.45, 2.75) is 6.54 Å². The SMILES string of the molecule is O=C1NC(=S)N(c2ccccc2F)C(=O)/C1=C/c1cn(Cc2ccccc2Cl)c2ccccc12. The number of amides is 2. The van der Waals surface area contributed by atoms with E-state index in [-0.39, 0.29) is 16.4 Å². The highest BCUT2D eigenvalue weighted by Gasteiger charge is 2.35. The first-order valence-electron chi connectivity index (χ1n) is 10.4. The van der Waals surface area contributed by atoms with Crippen molar-refractivity contribution in [1.82, 2.24) is 9.88 Å². The lowest BCUT2D eigenvalue weighted by Crippen LogP contribution is -2.54. The lowest BCUT2D eigenvalue weighted by molar-refractivity contribution is -0.122. The molecule has 0 bridgehead atoms. The van der Waals surface area contributed by atoms with E-state index in [9.17, 15) is 14.0 Å². The number of anilines is 1. The molecule has 1 aliphatic rings. The van der Waals surface area contributed by atoms with E-state index in [4.69, 9.17) is 23.8 Å². The summed E-state index contributed by atoms with van der Waals surface area (Å²) in [4.78, 5) is 27.0. The van der Waals surface area contributed by atoms with Crippen molar-refractivity contribution in [2.75, 3.05) is 4.90 Å². The quantitative estimate of drug-likeness (QED) is 0.240. The molecule has 168 valence electrons. The van der Waals surface area contributed by atoms with Gasteiger partial charge in [-0.2, -0.15) is 0 Å². The number of carbonyl (C=O) groups excluding carboxylic acids is 2. The Balaban J connectivity index is 1.59. The molecular formula is C26H17ClFN3O2S. The minimum absolute atomic E-state index is 0.0236. The number of thiocarbonyl (C=S) groups is 1. The molecule has 1 aromatic heterocycles. The van der Waals surface area contributed by atoms with Crippen LogP contribution in [0, 0.1) is 5.82 Å². The Morgan fingerprint density at radius 2 is 1.68 bits per heavy atom. The number of hydrogen-bond acceptors (Lipinski definition) is 3. The van der Waals surface area contributed by atoms with Crippen LogP contribution >= 0.6 is 23.8 Å². The van der Waals surface area contributed by atoms with E-state index in [0.717, 1.165) is 21.4 Å². The highest BCUT2D eigenvalue weighted by atomic mass is 35.5. The molecule has 34 heavy (non-hydrogen) atoms. The molecule has 4 aromatic rings. The number of para-hydroxylation sites is 2. The van der Waals surface area contributed by atoms with Crippen LogP contribution in [0.25, 0.3) is 17.0 Å². The molecule has 1 aliphatic heterocycles. The topological polar surface area (TPSA) is 54.3 Å². The number of aromatic nitrogens is 1. The Labute approximate surface area is 205 Å². The van der Waals surface area contributed by atoms with Gasteiger partial charge in [-0.3, -0.25) is 14.9 Å². The molecule has 0 spiro atoms. The molecule has 2 amide bonds. The van der Waals surface area contributed by atoms with Gasteiger partial charge < -0.3 is 4.57 Å². The summed E-state index contributed by atoms with van der Waals surface area (Å²) in [5.74, 6) is -1.95. The third-order valence-electron chi connectivity index (χ3n) is 5.61. The van der Waals surface area contributed by atoms with E-state index in [1.165, 1.54) is 24.3 Å². The summed E-state index contributed by atoms with van der Waals surface area (Å²) in [6.45, 7) is 0.509. The second-order valence-corrected chi connectivity index (χ2v) is 8.52. The molecule has 2 heterocycles. The summed E-state index contributed by atoms with van der Waals surface area (Å²) >= 11 is 11.5. The summed E-state index contributed by atoms with van der Waals surface area (Å²) in [7, 11) is 0. The highest BCUT2D eigenvalue weighted by molar-refractivity contribution is 7.80. The fraction of sp³-hybridized carbons (Fsp3) is 0.0385. The molecule has 0 aliphatic carbocycles. The van der Waals surface area contributed by atoms with Crippen molar-refractivity contribution in [3.05, 3.63) is 107 Å². The molecule has 0 saturated carbocycles. The van der Waals surface area contributed by atoms with Gasteiger partial charge >= 0.3 is 0 Å². The summed E-state index contributed by atoms with van der Waals surface area (Å²) in [5.41, 5.74) is 2.36. The summed E-state index contributed by atoms with van der Waals surface area (Å²) in [6.07, 6.45) is 3.38. The molecule has 1 N–H and O–H groups in total. The zero-order valence-corrected chi connectivity index (χ0v) is 19.2. The maximum atomic E-state index is 14.4. The van der Waals surface area contributed by atoms with E-state index in [0.29, 0.717) is 17.1 Å². The van der Waals surface area contributed by atoms with Gasteiger partial charge in [-0.05, 0) is 48.1 Å². The predicted molar refractivity (Wildman–Crippen MR) is 135 cm³/mol. The summed E-state index contributed by atoms with van der Waals surface area (Å²) in [6, 6.07) is 21.0. The Hall–Kier alpha value is -3.81. The van der Waals surface area contributed by atoms with Crippen LogP contribution in [0.3, 0.4) is 0 Å². The number of nitrogens with one attached hydrogen (secondary N) is 1. The van der Waals surface area contributed by atoms with Crippen molar-refractivity contribution in [1.29, 1.82) is 0 Å². The first-order valence-corrected chi connectivity index (χ1v) is 11.2. The van der Waals surface area contributed by atoms with Crippen molar-refractivity contribution >= 4 is 63.4 Å². The van der Waals surface area contributed by atoms with Gasteiger partial charge in [0.15, 0.2) is 5.11 Å². The number of carbonyl (C=O) groups is 2. The lowest BCUT2D eigenvalue weighted by atomic mass is 10.1. The molecular weight excluding hydrogens is 473 g/mol. The van der Waals surface area contributed by atoms with E-state index in [2.05, 4.69) is 5.32 Å². The summed E-state index contributed by atoms with van der Waals surface area (Å²) < 4.78 is 16.4.